The van der Waals surface area contributed by atoms with E-state index < -0.39 is 0 Å². The Hall–Kier alpha value is -1.51. The number of fused-ring (bicyclic) bond motifs is 1. The lowest BCUT2D eigenvalue weighted by atomic mass is 9.77. The molecule has 3 nitrogen and oxygen atoms in total. The third kappa shape index (κ3) is 1.88. The van der Waals surface area contributed by atoms with Crippen molar-refractivity contribution < 1.29 is 9.15 Å². The van der Waals surface area contributed by atoms with Crippen LogP contribution in [0.15, 0.2) is 21.4 Å². The van der Waals surface area contributed by atoms with Crippen molar-refractivity contribution in [1.29, 1.82) is 0 Å². The summed E-state index contributed by atoms with van der Waals surface area (Å²) in [6.07, 6.45) is 8.44. The largest absolute Gasteiger partial charge is 0.482 e. The summed E-state index contributed by atoms with van der Waals surface area (Å²) in [6, 6.07) is 1.82. The van der Waals surface area contributed by atoms with Crippen molar-refractivity contribution in [2.24, 2.45) is 5.92 Å². The van der Waals surface area contributed by atoms with E-state index >= 15 is 0 Å². The summed E-state index contributed by atoms with van der Waals surface area (Å²) in [4.78, 5) is 11.7. The summed E-state index contributed by atoms with van der Waals surface area (Å²) in [5.74, 6) is 1.96. The van der Waals surface area contributed by atoms with Crippen LogP contribution in [-0.4, -0.2) is 5.60 Å². The van der Waals surface area contributed by atoms with Crippen LogP contribution >= 0.6 is 0 Å². The third-order valence-electron chi connectivity index (χ3n) is 3.93. The first kappa shape index (κ1) is 11.6. The Balaban J connectivity index is 2.01. The molecule has 1 aliphatic carbocycles. The van der Waals surface area contributed by atoms with Crippen molar-refractivity contribution in [3.8, 4) is 5.75 Å². The van der Waals surface area contributed by atoms with E-state index in [1.54, 1.807) is 6.92 Å². The van der Waals surface area contributed by atoms with Gasteiger partial charge in [-0.25, -0.2) is 4.79 Å². The zero-order chi connectivity index (χ0) is 12.8. The smallest absolute Gasteiger partial charge is 0.346 e. The molecule has 2 atom stereocenters. The van der Waals surface area contributed by atoms with E-state index in [-0.39, 0.29) is 11.2 Å². The van der Waals surface area contributed by atoms with Crippen molar-refractivity contribution in [3.05, 3.63) is 33.9 Å². The molecule has 1 aromatic heterocycles. The first-order valence-electron chi connectivity index (χ1n) is 6.61. The van der Waals surface area contributed by atoms with Crippen LogP contribution in [0.2, 0.25) is 0 Å². The van der Waals surface area contributed by atoms with E-state index in [1.807, 2.05) is 12.1 Å². The zero-order valence-electron chi connectivity index (χ0n) is 10.9. The van der Waals surface area contributed by atoms with E-state index in [1.165, 1.54) is 12.8 Å². The molecule has 1 aromatic rings. The maximum Gasteiger partial charge on any atom is 0.346 e. The van der Waals surface area contributed by atoms with Gasteiger partial charge in [0.2, 0.25) is 0 Å². The molecule has 0 bridgehead atoms. The quantitative estimate of drug-likeness (QED) is 0.705. The average Bonchev–Trinajstić information content (AvgIpc) is 2.27. The van der Waals surface area contributed by atoms with Crippen molar-refractivity contribution in [2.45, 2.75) is 45.1 Å². The first-order chi connectivity index (χ1) is 8.58. The number of hydrogen-bond acceptors (Lipinski definition) is 3. The van der Waals surface area contributed by atoms with Gasteiger partial charge in [-0.05, 0) is 44.3 Å². The summed E-state index contributed by atoms with van der Waals surface area (Å²) < 4.78 is 11.2. The second kappa shape index (κ2) is 4.01. The predicted octanol–water partition coefficient (Wildman–Crippen LogP) is 3.30. The van der Waals surface area contributed by atoms with Gasteiger partial charge in [0.25, 0.3) is 0 Å². The third-order valence-corrected chi connectivity index (χ3v) is 3.93. The highest BCUT2D eigenvalue weighted by Crippen LogP contribution is 2.40. The second-order valence-corrected chi connectivity index (χ2v) is 5.62. The van der Waals surface area contributed by atoms with E-state index in [0.717, 1.165) is 12.8 Å². The lowest BCUT2D eigenvalue weighted by molar-refractivity contribution is 0.0534. The van der Waals surface area contributed by atoms with Crippen molar-refractivity contribution in [3.63, 3.8) is 0 Å². The summed E-state index contributed by atoms with van der Waals surface area (Å²) in [5.41, 5.74) is 0.0367. The van der Waals surface area contributed by atoms with Gasteiger partial charge >= 0.3 is 5.63 Å². The molecule has 1 fully saturated rings. The molecule has 1 saturated carbocycles. The molecule has 1 spiro atoms. The van der Waals surface area contributed by atoms with Gasteiger partial charge in [-0.15, -0.1) is 0 Å². The van der Waals surface area contributed by atoms with Crippen molar-refractivity contribution in [1.82, 2.24) is 0 Å². The highest BCUT2D eigenvalue weighted by Gasteiger charge is 2.37. The van der Waals surface area contributed by atoms with E-state index in [2.05, 4.69) is 13.0 Å². The molecule has 2 heterocycles. The van der Waals surface area contributed by atoms with Gasteiger partial charge in [-0.3, -0.25) is 0 Å². The normalized spacial score (nSPS) is 30.0. The van der Waals surface area contributed by atoms with Crippen LogP contribution in [-0.2, 0) is 0 Å². The fourth-order valence-electron chi connectivity index (χ4n) is 3.10. The Labute approximate surface area is 106 Å². The van der Waals surface area contributed by atoms with Crippen LogP contribution in [0.5, 0.6) is 5.75 Å². The van der Waals surface area contributed by atoms with Crippen LogP contribution in [0.1, 0.15) is 43.9 Å². The minimum absolute atomic E-state index is 0.203. The van der Waals surface area contributed by atoms with Crippen LogP contribution in [0, 0.1) is 12.8 Å². The molecule has 96 valence electrons. The summed E-state index contributed by atoms with van der Waals surface area (Å²) >= 11 is 0. The minimum atomic E-state index is -0.306. The lowest BCUT2D eigenvalue weighted by Crippen LogP contribution is -2.40. The highest BCUT2D eigenvalue weighted by atomic mass is 16.5. The molecular formula is C15H18O3. The molecule has 0 amide bonds. The van der Waals surface area contributed by atoms with Crippen molar-refractivity contribution >= 4 is 6.08 Å². The molecule has 0 unspecified atom stereocenters. The molecule has 3 rings (SSSR count). The molecule has 0 N–H and O–H groups in total. The Kier molecular flexibility index (Phi) is 2.58. The van der Waals surface area contributed by atoms with Gasteiger partial charge in [-0.1, -0.05) is 13.3 Å². The van der Waals surface area contributed by atoms with Crippen LogP contribution in [0.4, 0.5) is 0 Å². The van der Waals surface area contributed by atoms with Gasteiger partial charge in [-0.2, -0.15) is 0 Å². The van der Waals surface area contributed by atoms with Gasteiger partial charge in [0.05, 0.1) is 0 Å². The maximum atomic E-state index is 11.7. The minimum Gasteiger partial charge on any atom is -0.482 e. The SMILES string of the molecule is Cc1cc2c(c(=O)o1)C=C[C@@]1(CCC[C@@H](C)C1)O2. The molecule has 0 saturated heterocycles. The van der Waals surface area contributed by atoms with Gasteiger partial charge in [0, 0.05) is 6.07 Å². The van der Waals surface area contributed by atoms with Crippen LogP contribution < -0.4 is 10.4 Å². The highest BCUT2D eigenvalue weighted by molar-refractivity contribution is 5.59. The topological polar surface area (TPSA) is 39.4 Å². The zero-order valence-corrected chi connectivity index (χ0v) is 10.9. The number of rotatable bonds is 0. The Morgan fingerprint density at radius 1 is 1.44 bits per heavy atom. The van der Waals surface area contributed by atoms with Crippen LogP contribution in [0.25, 0.3) is 6.08 Å². The van der Waals surface area contributed by atoms with Gasteiger partial charge in [0.1, 0.15) is 22.7 Å². The van der Waals surface area contributed by atoms with E-state index in [4.69, 9.17) is 9.15 Å². The van der Waals surface area contributed by atoms with Crippen molar-refractivity contribution in [2.75, 3.05) is 0 Å². The molecular weight excluding hydrogens is 228 g/mol. The fraction of sp³-hybridized carbons (Fsp3) is 0.533. The molecule has 2 aliphatic rings. The van der Waals surface area contributed by atoms with Gasteiger partial charge < -0.3 is 9.15 Å². The fourth-order valence-corrected chi connectivity index (χ4v) is 3.10. The molecule has 18 heavy (non-hydrogen) atoms. The van der Waals surface area contributed by atoms with E-state index in [0.29, 0.717) is 23.0 Å². The number of ether oxygens (including phenoxy) is 1. The van der Waals surface area contributed by atoms with Gasteiger partial charge in [0.15, 0.2) is 0 Å². The number of hydrogen-bond donors (Lipinski definition) is 0. The number of aryl methyl sites for hydroxylation is 1. The summed E-state index contributed by atoms with van der Waals surface area (Å²) in [6.45, 7) is 4.04. The molecule has 0 radical (unpaired) electrons. The monoisotopic (exact) mass is 246 g/mol. The van der Waals surface area contributed by atoms with Crippen LogP contribution in [0.3, 0.4) is 0 Å². The second-order valence-electron chi connectivity index (χ2n) is 5.62. The first-order valence-corrected chi connectivity index (χ1v) is 6.61. The Bertz CT molecular complexity index is 555. The standard InChI is InChI=1S/C15H18O3/c1-10-4-3-6-15(9-10)7-5-12-13(18-15)8-11(2)17-14(12)16/h5,7-8,10H,3-4,6,9H2,1-2H3/t10-,15-/m1/s1. The maximum absolute atomic E-state index is 11.7. The Morgan fingerprint density at radius 3 is 3.06 bits per heavy atom. The predicted molar refractivity (Wildman–Crippen MR) is 69.7 cm³/mol. The summed E-state index contributed by atoms with van der Waals surface area (Å²) in [7, 11) is 0. The Morgan fingerprint density at radius 2 is 2.28 bits per heavy atom. The molecule has 1 aliphatic heterocycles. The summed E-state index contributed by atoms with van der Waals surface area (Å²) in [5, 5.41) is 0. The average molecular weight is 246 g/mol. The van der Waals surface area contributed by atoms with E-state index in [9.17, 15) is 4.79 Å². The molecule has 3 heteroatoms. The molecule has 0 aromatic carbocycles. The lowest BCUT2D eigenvalue weighted by Gasteiger charge is -2.40.